The zero-order chi connectivity index (χ0) is 15.7. The van der Waals surface area contributed by atoms with Crippen molar-refractivity contribution in [3.8, 4) is 0 Å². The Balaban J connectivity index is 1.70. The van der Waals surface area contributed by atoms with Gasteiger partial charge in [-0.3, -0.25) is 19.6 Å². The van der Waals surface area contributed by atoms with Crippen molar-refractivity contribution in [1.29, 1.82) is 0 Å². The van der Waals surface area contributed by atoms with Gasteiger partial charge in [-0.25, -0.2) is 0 Å². The molecule has 118 valence electrons. The third-order valence-electron chi connectivity index (χ3n) is 3.93. The molecule has 1 aromatic carbocycles. The van der Waals surface area contributed by atoms with Crippen molar-refractivity contribution < 1.29 is 18.0 Å². The predicted molar refractivity (Wildman–Crippen MR) is 80.3 cm³/mol. The Kier molecular flexibility index (Phi) is 3.88. The molecular weight excluding hydrogens is 306 g/mol. The number of benzene rings is 1. The van der Waals surface area contributed by atoms with Crippen LogP contribution in [0.4, 0.5) is 5.69 Å². The molecule has 2 aliphatic heterocycles. The van der Waals surface area contributed by atoms with E-state index < -0.39 is 10.2 Å². The van der Waals surface area contributed by atoms with Gasteiger partial charge in [0.1, 0.15) is 0 Å². The molecule has 0 unspecified atom stereocenters. The Labute approximate surface area is 128 Å². The first-order chi connectivity index (χ1) is 10.4. The van der Waals surface area contributed by atoms with Gasteiger partial charge in [0.05, 0.1) is 0 Å². The van der Waals surface area contributed by atoms with E-state index in [0.29, 0.717) is 18.8 Å². The first-order valence-electron chi connectivity index (χ1n) is 7.14. The molecule has 0 aromatic heterocycles. The van der Waals surface area contributed by atoms with Gasteiger partial charge in [-0.05, 0) is 24.1 Å². The van der Waals surface area contributed by atoms with Crippen LogP contribution in [0.25, 0.3) is 0 Å². The smallest absolute Gasteiger partial charge is 0.296 e. The molecule has 0 radical (unpaired) electrons. The molecule has 0 saturated carbocycles. The standard InChI is InChI=1S/C14H17N3O4S/c18-13-8-11(9-14(19)15-13)10-2-4-12(5-3-10)16-22(20,21)17-6-1-7-17/h2-5,11,16H,1,6-9H2,(H,15,18,19). The van der Waals surface area contributed by atoms with Crippen LogP contribution in [0.1, 0.15) is 30.7 Å². The number of carbonyl (C=O) groups excluding carboxylic acids is 2. The van der Waals surface area contributed by atoms with Crippen molar-refractivity contribution in [2.24, 2.45) is 0 Å². The van der Waals surface area contributed by atoms with Gasteiger partial charge in [-0.1, -0.05) is 12.1 Å². The van der Waals surface area contributed by atoms with Gasteiger partial charge in [0, 0.05) is 37.5 Å². The van der Waals surface area contributed by atoms with E-state index in [4.69, 9.17) is 0 Å². The summed E-state index contributed by atoms with van der Waals surface area (Å²) in [5.41, 5.74) is 1.33. The average Bonchev–Trinajstić information content (AvgIpc) is 2.35. The Bertz CT molecular complexity index is 679. The van der Waals surface area contributed by atoms with E-state index in [-0.39, 0.29) is 30.6 Å². The Morgan fingerprint density at radius 3 is 2.14 bits per heavy atom. The molecule has 3 rings (SSSR count). The van der Waals surface area contributed by atoms with Crippen molar-refractivity contribution in [3.05, 3.63) is 29.8 Å². The van der Waals surface area contributed by atoms with E-state index in [2.05, 4.69) is 10.0 Å². The highest BCUT2D eigenvalue weighted by Crippen LogP contribution is 2.27. The highest BCUT2D eigenvalue weighted by Gasteiger charge is 2.28. The first kappa shape index (κ1) is 15.0. The maximum absolute atomic E-state index is 12.0. The molecule has 2 N–H and O–H groups in total. The molecule has 8 heteroatoms. The molecule has 7 nitrogen and oxygen atoms in total. The molecule has 1 aromatic rings. The number of rotatable bonds is 4. The van der Waals surface area contributed by atoms with E-state index in [0.717, 1.165) is 12.0 Å². The summed E-state index contributed by atoms with van der Waals surface area (Å²) in [5.74, 6) is -0.699. The van der Waals surface area contributed by atoms with Crippen molar-refractivity contribution in [3.63, 3.8) is 0 Å². The second kappa shape index (κ2) is 5.69. The number of carbonyl (C=O) groups is 2. The fraction of sp³-hybridized carbons (Fsp3) is 0.429. The Hall–Kier alpha value is -1.93. The third kappa shape index (κ3) is 3.12. The zero-order valence-electron chi connectivity index (χ0n) is 11.9. The van der Waals surface area contributed by atoms with Crippen LogP contribution >= 0.6 is 0 Å². The summed E-state index contributed by atoms with van der Waals surface area (Å²) in [6, 6.07) is 6.82. The summed E-state index contributed by atoms with van der Waals surface area (Å²) in [5, 5.41) is 2.27. The number of nitrogens with zero attached hydrogens (tertiary/aromatic N) is 1. The maximum Gasteiger partial charge on any atom is 0.301 e. The van der Waals surface area contributed by atoms with E-state index >= 15 is 0 Å². The first-order valence-corrected chi connectivity index (χ1v) is 8.58. The number of amides is 2. The van der Waals surface area contributed by atoms with Crippen LogP contribution in [0.3, 0.4) is 0 Å². The van der Waals surface area contributed by atoms with E-state index in [1.54, 1.807) is 24.3 Å². The number of hydrogen-bond acceptors (Lipinski definition) is 4. The number of imide groups is 1. The lowest BCUT2D eigenvalue weighted by Gasteiger charge is -2.29. The predicted octanol–water partition coefficient (Wildman–Crippen LogP) is 0.569. The van der Waals surface area contributed by atoms with Gasteiger partial charge in [0.25, 0.3) is 0 Å². The number of piperidine rings is 1. The topological polar surface area (TPSA) is 95.6 Å². The quantitative estimate of drug-likeness (QED) is 0.792. The minimum Gasteiger partial charge on any atom is -0.296 e. The number of anilines is 1. The summed E-state index contributed by atoms with van der Waals surface area (Å²) in [7, 11) is -3.47. The minimum atomic E-state index is -3.47. The summed E-state index contributed by atoms with van der Waals surface area (Å²) in [4.78, 5) is 22.8. The van der Waals surface area contributed by atoms with Crippen molar-refractivity contribution in [2.75, 3.05) is 17.8 Å². The van der Waals surface area contributed by atoms with Crippen LogP contribution in [0.2, 0.25) is 0 Å². The molecular formula is C14H17N3O4S. The largest absolute Gasteiger partial charge is 0.301 e. The molecule has 0 atom stereocenters. The van der Waals surface area contributed by atoms with Gasteiger partial charge in [0.15, 0.2) is 0 Å². The summed E-state index contributed by atoms with van der Waals surface area (Å²) in [6.45, 7) is 1.10. The van der Waals surface area contributed by atoms with Crippen molar-refractivity contribution in [1.82, 2.24) is 9.62 Å². The van der Waals surface area contributed by atoms with Gasteiger partial charge in [0.2, 0.25) is 11.8 Å². The highest BCUT2D eigenvalue weighted by molar-refractivity contribution is 7.90. The fourth-order valence-corrected chi connectivity index (χ4v) is 3.88. The molecule has 2 fully saturated rings. The monoisotopic (exact) mass is 323 g/mol. The fourth-order valence-electron chi connectivity index (χ4n) is 2.58. The molecule has 22 heavy (non-hydrogen) atoms. The molecule has 2 amide bonds. The zero-order valence-corrected chi connectivity index (χ0v) is 12.7. The van der Waals surface area contributed by atoms with Crippen LogP contribution in [0, 0.1) is 0 Å². The van der Waals surface area contributed by atoms with Gasteiger partial charge in [-0.2, -0.15) is 12.7 Å². The lowest BCUT2D eigenvalue weighted by molar-refractivity contribution is -0.133. The summed E-state index contributed by atoms with van der Waals surface area (Å²) in [6.07, 6.45) is 1.42. The molecule has 0 aliphatic carbocycles. The second-order valence-corrected chi connectivity index (χ2v) is 7.23. The molecule has 2 saturated heterocycles. The lowest BCUT2D eigenvalue weighted by atomic mass is 9.89. The van der Waals surface area contributed by atoms with Crippen LogP contribution in [0.15, 0.2) is 24.3 Å². The van der Waals surface area contributed by atoms with Crippen LogP contribution in [0.5, 0.6) is 0 Å². The normalized spacial score (nSPS) is 20.4. The van der Waals surface area contributed by atoms with Crippen LogP contribution < -0.4 is 10.0 Å². The van der Waals surface area contributed by atoms with Crippen molar-refractivity contribution >= 4 is 27.7 Å². The molecule has 2 heterocycles. The molecule has 0 bridgehead atoms. The van der Waals surface area contributed by atoms with E-state index in [9.17, 15) is 18.0 Å². The Morgan fingerprint density at radius 2 is 1.64 bits per heavy atom. The van der Waals surface area contributed by atoms with E-state index in [1.807, 2.05) is 0 Å². The maximum atomic E-state index is 12.0. The summed E-state index contributed by atoms with van der Waals surface area (Å²) >= 11 is 0. The van der Waals surface area contributed by atoms with Gasteiger partial charge >= 0.3 is 10.2 Å². The second-order valence-electron chi connectivity index (χ2n) is 5.56. The lowest BCUT2D eigenvalue weighted by Crippen LogP contribution is -2.45. The molecule has 0 spiro atoms. The SMILES string of the molecule is O=C1CC(c2ccc(NS(=O)(=O)N3CCC3)cc2)CC(=O)N1. The summed E-state index contributed by atoms with van der Waals surface area (Å²) < 4.78 is 27.8. The van der Waals surface area contributed by atoms with Gasteiger partial charge in [-0.15, -0.1) is 0 Å². The minimum absolute atomic E-state index is 0.151. The van der Waals surface area contributed by atoms with E-state index in [1.165, 1.54) is 4.31 Å². The van der Waals surface area contributed by atoms with Crippen LogP contribution in [-0.4, -0.2) is 37.6 Å². The molecule has 2 aliphatic rings. The third-order valence-corrected chi connectivity index (χ3v) is 5.46. The van der Waals surface area contributed by atoms with Crippen molar-refractivity contribution in [2.45, 2.75) is 25.2 Å². The van der Waals surface area contributed by atoms with Crippen LogP contribution in [-0.2, 0) is 19.8 Å². The number of nitrogens with one attached hydrogen (secondary N) is 2. The highest BCUT2D eigenvalue weighted by atomic mass is 32.2. The average molecular weight is 323 g/mol. The number of hydrogen-bond donors (Lipinski definition) is 2. The Morgan fingerprint density at radius 1 is 1.05 bits per heavy atom. The van der Waals surface area contributed by atoms with Gasteiger partial charge < -0.3 is 0 Å².